The molecular formula is C23H22ClN5O2. The molecule has 31 heavy (non-hydrogen) atoms. The van der Waals surface area contributed by atoms with Crippen molar-refractivity contribution in [3.05, 3.63) is 83.3 Å². The number of benzene rings is 2. The number of imidazole rings is 1. The summed E-state index contributed by atoms with van der Waals surface area (Å²) in [4.78, 5) is 21.6. The van der Waals surface area contributed by atoms with E-state index in [-0.39, 0.29) is 6.03 Å². The summed E-state index contributed by atoms with van der Waals surface area (Å²) in [5, 5.41) is 6.15. The van der Waals surface area contributed by atoms with Crippen molar-refractivity contribution < 1.29 is 9.53 Å². The second-order valence-corrected chi connectivity index (χ2v) is 7.36. The van der Waals surface area contributed by atoms with Crippen molar-refractivity contribution in [3.63, 3.8) is 0 Å². The molecule has 2 heterocycles. The topological polar surface area (TPSA) is 81.1 Å². The molecule has 0 aliphatic heterocycles. The highest BCUT2D eigenvalue weighted by Crippen LogP contribution is 2.27. The monoisotopic (exact) mass is 435 g/mol. The second kappa shape index (κ2) is 9.49. The van der Waals surface area contributed by atoms with Gasteiger partial charge in [-0.25, -0.2) is 14.8 Å². The molecule has 0 unspecified atom stereocenters. The standard InChI is InChI=1S/C23H22ClN5O2/c1-31-20-10-9-17(24)14-19(20)28-23(30)26-13-11-21-27-18-8-5-12-25-22(18)29(21)15-16-6-3-2-4-7-16/h2-10,12,14H,11,13,15H2,1H3,(H2,26,28,30). The van der Waals surface area contributed by atoms with E-state index in [0.717, 1.165) is 22.6 Å². The van der Waals surface area contributed by atoms with Crippen molar-refractivity contribution in [3.8, 4) is 5.75 Å². The van der Waals surface area contributed by atoms with E-state index in [4.69, 9.17) is 21.3 Å². The van der Waals surface area contributed by atoms with Crippen molar-refractivity contribution in [2.75, 3.05) is 19.0 Å². The molecule has 0 radical (unpaired) electrons. The second-order valence-electron chi connectivity index (χ2n) is 6.92. The van der Waals surface area contributed by atoms with E-state index in [9.17, 15) is 4.79 Å². The Hall–Kier alpha value is -3.58. The number of carbonyl (C=O) groups excluding carboxylic acids is 1. The van der Waals surface area contributed by atoms with Crippen LogP contribution in [0.25, 0.3) is 11.2 Å². The van der Waals surface area contributed by atoms with Crippen LogP contribution >= 0.6 is 11.6 Å². The van der Waals surface area contributed by atoms with Gasteiger partial charge in [-0.3, -0.25) is 0 Å². The minimum Gasteiger partial charge on any atom is -0.495 e. The Bertz CT molecular complexity index is 1190. The van der Waals surface area contributed by atoms with E-state index >= 15 is 0 Å². The zero-order valence-electron chi connectivity index (χ0n) is 17.0. The SMILES string of the molecule is COc1ccc(Cl)cc1NC(=O)NCCc1nc2cccnc2n1Cc1ccccc1. The van der Waals surface area contributed by atoms with Crippen LogP contribution in [0.3, 0.4) is 0 Å². The molecule has 4 aromatic rings. The number of nitrogens with one attached hydrogen (secondary N) is 2. The van der Waals surface area contributed by atoms with Crippen molar-refractivity contribution in [1.29, 1.82) is 0 Å². The van der Waals surface area contributed by atoms with Crippen LogP contribution in [0.5, 0.6) is 5.75 Å². The molecule has 158 valence electrons. The molecule has 0 aliphatic carbocycles. The maximum atomic E-state index is 12.4. The first kappa shape index (κ1) is 20.7. The summed E-state index contributed by atoms with van der Waals surface area (Å²) in [7, 11) is 1.54. The zero-order chi connectivity index (χ0) is 21.6. The Morgan fingerprint density at radius 2 is 1.97 bits per heavy atom. The summed E-state index contributed by atoms with van der Waals surface area (Å²) in [6.07, 6.45) is 2.32. The predicted octanol–water partition coefficient (Wildman–Crippen LogP) is 4.51. The third-order valence-electron chi connectivity index (χ3n) is 4.81. The highest BCUT2D eigenvalue weighted by molar-refractivity contribution is 6.31. The molecule has 0 saturated heterocycles. The number of hydrogen-bond donors (Lipinski definition) is 2. The van der Waals surface area contributed by atoms with E-state index in [1.165, 1.54) is 7.11 Å². The van der Waals surface area contributed by atoms with Crippen LogP contribution in [0, 0.1) is 0 Å². The van der Waals surface area contributed by atoms with Gasteiger partial charge in [0.1, 0.15) is 17.1 Å². The van der Waals surface area contributed by atoms with E-state index in [1.807, 2.05) is 30.3 Å². The molecule has 0 atom stereocenters. The Balaban J connectivity index is 1.45. The zero-order valence-corrected chi connectivity index (χ0v) is 17.8. The average Bonchev–Trinajstić information content (AvgIpc) is 3.12. The predicted molar refractivity (Wildman–Crippen MR) is 122 cm³/mol. The molecule has 0 spiro atoms. The molecule has 2 aromatic carbocycles. The molecule has 8 heteroatoms. The first-order valence-electron chi connectivity index (χ1n) is 9.86. The minimum absolute atomic E-state index is 0.343. The fourth-order valence-corrected chi connectivity index (χ4v) is 3.53. The van der Waals surface area contributed by atoms with Crippen LogP contribution in [0.2, 0.25) is 5.02 Å². The highest BCUT2D eigenvalue weighted by Gasteiger charge is 2.13. The van der Waals surface area contributed by atoms with Crippen LogP contribution < -0.4 is 15.4 Å². The van der Waals surface area contributed by atoms with Gasteiger partial charge in [0.25, 0.3) is 0 Å². The third kappa shape index (κ3) is 4.95. The maximum absolute atomic E-state index is 12.4. The fourth-order valence-electron chi connectivity index (χ4n) is 3.36. The lowest BCUT2D eigenvalue weighted by Crippen LogP contribution is -2.31. The number of methoxy groups -OCH3 is 1. The number of urea groups is 1. The highest BCUT2D eigenvalue weighted by atomic mass is 35.5. The molecule has 2 N–H and O–H groups in total. The molecule has 4 rings (SSSR count). The number of aromatic nitrogens is 3. The Labute approximate surface area is 185 Å². The van der Waals surface area contributed by atoms with Crippen molar-refractivity contribution in [2.24, 2.45) is 0 Å². The fraction of sp³-hybridized carbons (Fsp3) is 0.174. The van der Waals surface area contributed by atoms with Gasteiger partial charge in [-0.2, -0.15) is 0 Å². The molecular weight excluding hydrogens is 414 g/mol. The lowest BCUT2D eigenvalue weighted by Gasteiger charge is -2.12. The number of pyridine rings is 1. The summed E-state index contributed by atoms with van der Waals surface area (Å²) < 4.78 is 7.35. The molecule has 0 aliphatic rings. The van der Waals surface area contributed by atoms with Crippen LogP contribution in [0.1, 0.15) is 11.4 Å². The van der Waals surface area contributed by atoms with Crippen molar-refractivity contribution in [1.82, 2.24) is 19.9 Å². The van der Waals surface area contributed by atoms with E-state index in [2.05, 4.69) is 32.3 Å². The van der Waals surface area contributed by atoms with Gasteiger partial charge < -0.3 is 19.9 Å². The van der Waals surface area contributed by atoms with E-state index < -0.39 is 0 Å². The number of fused-ring (bicyclic) bond motifs is 1. The Morgan fingerprint density at radius 3 is 2.77 bits per heavy atom. The van der Waals surface area contributed by atoms with Crippen molar-refractivity contribution >= 4 is 34.5 Å². The van der Waals surface area contributed by atoms with Gasteiger partial charge >= 0.3 is 6.03 Å². The summed E-state index contributed by atoms with van der Waals surface area (Å²) >= 11 is 6.02. The number of amides is 2. The summed E-state index contributed by atoms with van der Waals surface area (Å²) in [6, 6.07) is 18.7. The normalized spacial score (nSPS) is 10.8. The quantitative estimate of drug-likeness (QED) is 0.447. The number of nitrogens with zero attached hydrogens (tertiary/aromatic N) is 3. The van der Waals surface area contributed by atoms with Gasteiger partial charge in [0.05, 0.1) is 19.3 Å². The minimum atomic E-state index is -0.343. The van der Waals surface area contributed by atoms with Gasteiger partial charge in [0.2, 0.25) is 0 Å². The van der Waals surface area contributed by atoms with Crippen LogP contribution in [0.4, 0.5) is 10.5 Å². The van der Waals surface area contributed by atoms with Crippen LogP contribution in [-0.4, -0.2) is 34.2 Å². The van der Waals surface area contributed by atoms with Crippen LogP contribution in [0.15, 0.2) is 66.9 Å². The molecule has 0 saturated carbocycles. The van der Waals surface area contributed by atoms with Crippen LogP contribution in [-0.2, 0) is 13.0 Å². The van der Waals surface area contributed by atoms with Crippen molar-refractivity contribution in [2.45, 2.75) is 13.0 Å². The molecule has 2 amide bonds. The summed E-state index contributed by atoms with van der Waals surface area (Å²) in [5.41, 5.74) is 3.33. The Morgan fingerprint density at radius 1 is 1.13 bits per heavy atom. The third-order valence-corrected chi connectivity index (χ3v) is 5.05. The van der Waals surface area contributed by atoms with Gasteiger partial charge in [-0.1, -0.05) is 41.9 Å². The van der Waals surface area contributed by atoms with Gasteiger partial charge in [-0.15, -0.1) is 0 Å². The lowest BCUT2D eigenvalue weighted by molar-refractivity contribution is 0.252. The van der Waals surface area contributed by atoms with Gasteiger partial charge in [-0.05, 0) is 35.9 Å². The number of anilines is 1. The average molecular weight is 436 g/mol. The van der Waals surface area contributed by atoms with E-state index in [0.29, 0.717) is 36.0 Å². The lowest BCUT2D eigenvalue weighted by atomic mass is 10.2. The summed E-state index contributed by atoms with van der Waals surface area (Å²) in [6.45, 7) is 1.07. The number of carbonyl (C=O) groups is 1. The van der Waals surface area contributed by atoms with E-state index in [1.54, 1.807) is 24.4 Å². The first-order valence-corrected chi connectivity index (χ1v) is 10.2. The number of rotatable bonds is 7. The number of hydrogen-bond acceptors (Lipinski definition) is 4. The maximum Gasteiger partial charge on any atom is 0.319 e. The first-order chi connectivity index (χ1) is 15.1. The Kier molecular flexibility index (Phi) is 6.33. The molecule has 0 fully saturated rings. The van der Waals surface area contributed by atoms with Gasteiger partial charge in [0.15, 0.2) is 5.65 Å². The smallest absolute Gasteiger partial charge is 0.319 e. The molecule has 2 aromatic heterocycles. The largest absolute Gasteiger partial charge is 0.495 e. The molecule has 0 bridgehead atoms. The van der Waals surface area contributed by atoms with Gasteiger partial charge in [0, 0.05) is 24.2 Å². The number of ether oxygens (including phenoxy) is 1. The number of halogens is 1. The molecule has 7 nitrogen and oxygen atoms in total. The summed E-state index contributed by atoms with van der Waals surface area (Å²) in [5.74, 6) is 1.40.